The molecule has 1 saturated heterocycles. The van der Waals surface area contributed by atoms with Gasteiger partial charge in [0.1, 0.15) is 0 Å². The van der Waals surface area contributed by atoms with Crippen LogP contribution >= 0.6 is 11.6 Å². The summed E-state index contributed by atoms with van der Waals surface area (Å²) in [7, 11) is 0. The molecule has 2 unspecified atom stereocenters. The fourth-order valence-corrected chi connectivity index (χ4v) is 3.33. The number of hydrogen-bond acceptors (Lipinski definition) is 5. The third kappa shape index (κ3) is 3.42. The Kier molecular flexibility index (Phi) is 4.48. The summed E-state index contributed by atoms with van der Waals surface area (Å²) in [4.78, 5) is 12.6. The van der Waals surface area contributed by atoms with E-state index in [4.69, 9.17) is 21.1 Å². The van der Waals surface area contributed by atoms with Crippen LogP contribution in [0.3, 0.4) is 0 Å². The number of ether oxygens (including phenoxy) is 2. The van der Waals surface area contributed by atoms with Gasteiger partial charge in [0.2, 0.25) is 12.7 Å². The van der Waals surface area contributed by atoms with Gasteiger partial charge in [0.25, 0.3) is 0 Å². The molecule has 2 aliphatic heterocycles. The molecular weight excluding hydrogens is 342 g/mol. The summed E-state index contributed by atoms with van der Waals surface area (Å²) in [6.07, 6.45) is 0. The quantitative estimate of drug-likeness (QED) is 0.780. The summed E-state index contributed by atoms with van der Waals surface area (Å²) in [6.45, 7) is 1.24. The van der Waals surface area contributed by atoms with Crippen LogP contribution in [0.25, 0.3) is 0 Å². The van der Waals surface area contributed by atoms with Crippen LogP contribution in [0.5, 0.6) is 11.5 Å². The summed E-state index contributed by atoms with van der Waals surface area (Å²) in [5, 5.41) is 3.66. The lowest BCUT2D eigenvalue weighted by Gasteiger charge is -2.18. The number of hydrogen-bond donors (Lipinski definition) is 3. The minimum absolute atomic E-state index is 0.0138. The molecular formula is C18H18ClN3O3. The Morgan fingerprint density at radius 1 is 1.20 bits per heavy atom. The number of benzene rings is 2. The average Bonchev–Trinajstić information content (AvgIpc) is 3.28. The zero-order chi connectivity index (χ0) is 17.2. The van der Waals surface area contributed by atoms with E-state index in [1.165, 1.54) is 0 Å². The normalized spacial score (nSPS) is 21.3. The average molecular weight is 360 g/mol. The van der Waals surface area contributed by atoms with Crippen molar-refractivity contribution in [2.24, 2.45) is 5.92 Å². The first-order valence-corrected chi connectivity index (χ1v) is 8.48. The summed E-state index contributed by atoms with van der Waals surface area (Å²) in [5.41, 5.74) is 8.18. The van der Waals surface area contributed by atoms with Crippen LogP contribution in [0.1, 0.15) is 17.2 Å². The molecule has 25 heavy (non-hydrogen) atoms. The van der Waals surface area contributed by atoms with E-state index < -0.39 is 0 Å². The van der Waals surface area contributed by atoms with Gasteiger partial charge in [-0.3, -0.25) is 10.2 Å². The minimum Gasteiger partial charge on any atom is -0.454 e. The molecule has 0 radical (unpaired) electrons. The Labute approximate surface area is 150 Å². The maximum atomic E-state index is 12.6. The molecule has 0 spiro atoms. The minimum atomic E-state index is -0.215. The molecule has 2 aliphatic rings. The largest absolute Gasteiger partial charge is 0.454 e. The first kappa shape index (κ1) is 16.2. The van der Waals surface area contributed by atoms with Crippen LogP contribution in [-0.2, 0) is 11.3 Å². The van der Waals surface area contributed by atoms with Gasteiger partial charge in [-0.25, -0.2) is 5.43 Å². The van der Waals surface area contributed by atoms with Crippen molar-refractivity contribution in [3.8, 4) is 11.5 Å². The molecule has 0 aromatic heterocycles. The zero-order valence-electron chi connectivity index (χ0n) is 13.4. The number of carbonyl (C=O) groups excluding carboxylic acids is 1. The van der Waals surface area contributed by atoms with E-state index in [2.05, 4.69) is 16.2 Å². The number of amides is 1. The molecule has 0 aliphatic carbocycles. The van der Waals surface area contributed by atoms with Crippen LogP contribution in [0.15, 0.2) is 42.5 Å². The molecule has 6 nitrogen and oxygen atoms in total. The molecule has 3 N–H and O–H groups in total. The van der Waals surface area contributed by atoms with Gasteiger partial charge in [0.15, 0.2) is 11.5 Å². The van der Waals surface area contributed by atoms with Crippen molar-refractivity contribution >= 4 is 17.5 Å². The SMILES string of the molecule is O=C(NCc1ccc2c(c1)OCO2)C1CNNC1c1cccc(Cl)c1. The van der Waals surface area contributed by atoms with E-state index >= 15 is 0 Å². The van der Waals surface area contributed by atoms with Gasteiger partial charge in [0, 0.05) is 18.1 Å². The van der Waals surface area contributed by atoms with E-state index in [1.54, 1.807) is 0 Å². The first-order chi connectivity index (χ1) is 12.2. The molecule has 0 bridgehead atoms. The maximum Gasteiger partial charge on any atom is 0.231 e. The lowest BCUT2D eigenvalue weighted by atomic mass is 9.94. The fourth-order valence-electron chi connectivity index (χ4n) is 3.13. The summed E-state index contributed by atoms with van der Waals surface area (Å²) < 4.78 is 10.7. The van der Waals surface area contributed by atoms with Gasteiger partial charge in [-0.1, -0.05) is 29.8 Å². The van der Waals surface area contributed by atoms with E-state index in [9.17, 15) is 4.79 Å². The highest BCUT2D eigenvalue weighted by Crippen LogP contribution is 2.32. The monoisotopic (exact) mass is 359 g/mol. The second kappa shape index (κ2) is 6.92. The molecule has 1 amide bonds. The second-order valence-electron chi connectivity index (χ2n) is 6.07. The smallest absolute Gasteiger partial charge is 0.231 e. The van der Waals surface area contributed by atoms with Gasteiger partial charge >= 0.3 is 0 Å². The fraction of sp³-hybridized carbons (Fsp3) is 0.278. The Morgan fingerprint density at radius 3 is 2.96 bits per heavy atom. The van der Waals surface area contributed by atoms with Crippen LogP contribution in [0.4, 0.5) is 0 Å². The molecule has 2 atom stereocenters. The summed E-state index contributed by atoms with van der Waals surface area (Å²) >= 11 is 6.07. The van der Waals surface area contributed by atoms with Gasteiger partial charge in [-0.15, -0.1) is 0 Å². The van der Waals surface area contributed by atoms with Crippen molar-refractivity contribution in [1.82, 2.24) is 16.2 Å². The van der Waals surface area contributed by atoms with Crippen LogP contribution in [-0.4, -0.2) is 19.2 Å². The first-order valence-electron chi connectivity index (χ1n) is 8.11. The summed E-state index contributed by atoms with van der Waals surface area (Å²) in [5.74, 6) is 1.22. The third-order valence-electron chi connectivity index (χ3n) is 4.43. The third-order valence-corrected chi connectivity index (χ3v) is 4.67. The van der Waals surface area contributed by atoms with Crippen molar-refractivity contribution < 1.29 is 14.3 Å². The van der Waals surface area contributed by atoms with Crippen molar-refractivity contribution in [3.63, 3.8) is 0 Å². The molecule has 7 heteroatoms. The van der Waals surface area contributed by atoms with E-state index in [1.807, 2.05) is 42.5 Å². The Morgan fingerprint density at radius 2 is 2.08 bits per heavy atom. The highest BCUT2D eigenvalue weighted by atomic mass is 35.5. The van der Waals surface area contributed by atoms with Gasteiger partial charge in [-0.2, -0.15) is 0 Å². The molecule has 1 fully saturated rings. The number of halogens is 1. The predicted octanol–water partition coefficient (Wildman–Crippen LogP) is 2.15. The van der Waals surface area contributed by atoms with Crippen LogP contribution < -0.4 is 25.6 Å². The van der Waals surface area contributed by atoms with E-state index in [0.29, 0.717) is 23.9 Å². The highest BCUT2D eigenvalue weighted by molar-refractivity contribution is 6.30. The van der Waals surface area contributed by atoms with Crippen molar-refractivity contribution in [2.45, 2.75) is 12.6 Å². The summed E-state index contributed by atoms with van der Waals surface area (Å²) in [6, 6.07) is 13.1. The molecule has 0 saturated carbocycles. The maximum absolute atomic E-state index is 12.6. The number of hydrazine groups is 1. The molecule has 2 aromatic carbocycles. The number of carbonyl (C=O) groups is 1. The van der Waals surface area contributed by atoms with Crippen molar-refractivity contribution in [2.75, 3.05) is 13.3 Å². The van der Waals surface area contributed by atoms with E-state index in [0.717, 1.165) is 16.9 Å². The Bertz CT molecular complexity index is 799. The number of rotatable bonds is 4. The number of fused-ring (bicyclic) bond motifs is 1. The Balaban J connectivity index is 1.42. The second-order valence-corrected chi connectivity index (χ2v) is 6.51. The van der Waals surface area contributed by atoms with Gasteiger partial charge in [-0.05, 0) is 35.4 Å². The topological polar surface area (TPSA) is 71.6 Å². The van der Waals surface area contributed by atoms with Crippen molar-refractivity contribution in [3.05, 3.63) is 58.6 Å². The molecule has 4 rings (SSSR count). The van der Waals surface area contributed by atoms with E-state index in [-0.39, 0.29) is 24.7 Å². The van der Waals surface area contributed by atoms with Gasteiger partial charge in [0.05, 0.1) is 12.0 Å². The predicted molar refractivity (Wildman–Crippen MR) is 93.2 cm³/mol. The zero-order valence-corrected chi connectivity index (χ0v) is 14.2. The highest BCUT2D eigenvalue weighted by Gasteiger charge is 2.33. The van der Waals surface area contributed by atoms with Gasteiger partial charge < -0.3 is 14.8 Å². The molecule has 130 valence electrons. The standard InChI is InChI=1S/C18H18ClN3O3/c19-13-3-1-2-12(7-13)17-14(9-21-22-17)18(23)20-8-11-4-5-15-16(6-11)25-10-24-15/h1-7,14,17,21-22H,8-10H2,(H,20,23). The number of nitrogens with one attached hydrogen (secondary N) is 3. The lowest BCUT2D eigenvalue weighted by Crippen LogP contribution is -2.34. The lowest BCUT2D eigenvalue weighted by molar-refractivity contribution is -0.125. The molecule has 2 aromatic rings. The van der Waals surface area contributed by atoms with Crippen LogP contribution in [0.2, 0.25) is 5.02 Å². The Hall–Kier alpha value is -2.28. The molecule has 2 heterocycles. The van der Waals surface area contributed by atoms with Crippen LogP contribution in [0, 0.1) is 5.92 Å². The van der Waals surface area contributed by atoms with Crippen molar-refractivity contribution in [1.29, 1.82) is 0 Å².